The smallest absolute Gasteiger partial charge is 0.145 e. The van der Waals surface area contributed by atoms with Crippen LogP contribution in [0.1, 0.15) is 0 Å². The minimum atomic E-state index is -2.07. The van der Waals surface area contributed by atoms with Gasteiger partial charge in [-0.25, -0.2) is 0 Å². The van der Waals surface area contributed by atoms with Crippen LogP contribution >= 0.6 is 7.14 Å². The first-order valence-electron chi connectivity index (χ1n) is 2.62. The van der Waals surface area contributed by atoms with Gasteiger partial charge in [0, 0.05) is 6.16 Å². The van der Waals surface area contributed by atoms with Gasteiger partial charge in [-0.05, 0) is 18.9 Å². The Labute approximate surface area is 55.3 Å². The van der Waals surface area contributed by atoms with Crippen LogP contribution in [0.2, 0.25) is 0 Å². The van der Waals surface area contributed by atoms with Gasteiger partial charge in [-0.3, -0.25) is 4.79 Å². The van der Waals surface area contributed by atoms with Crippen LogP contribution in [-0.4, -0.2) is 25.8 Å². The summed E-state index contributed by atoms with van der Waals surface area (Å²) in [6.45, 7) is 6.70. The molecule has 2 nitrogen and oxygen atoms in total. The predicted molar refractivity (Wildman–Crippen MR) is 39.5 cm³/mol. The average molecular weight is 146 g/mol. The van der Waals surface area contributed by atoms with Gasteiger partial charge in [0.15, 0.2) is 0 Å². The van der Waals surface area contributed by atoms with Crippen molar-refractivity contribution in [2.24, 2.45) is 0 Å². The van der Waals surface area contributed by atoms with Crippen LogP contribution in [0, 0.1) is 0 Å². The van der Waals surface area contributed by atoms with Crippen molar-refractivity contribution in [3.63, 3.8) is 0 Å². The molecule has 0 spiro atoms. The SMILES string of the molecule is C=C(C=O)CP(C)(C)=O. The third-order valence-electron chi connectivity index (χ3n) is 0.751. The lowest BCUT2D eigenvalue weighted by molar-refractivity contribution is -0.104. The normalized spacial score (nSPS) is 10.9. The van der Waals surface area contributed by atoms with Crippen molar-refractivity contribution in [3.05, 3.63) is 12.2 Å². The van der Waals surface area contributed by atoms with Crippen LogP contribution in [0.3, 0.4) is 0 Å². The molecule has 0 bridgehead atoms. The van der Waals surface area contributed by atoms with E-state index in [4.69, 9.17) is 0 Å². The molecular weight excluding hydrogens is 135 g/mol. The molecule has 0 fully saturated rings. The van der Waals surface area contributed by atoms with Crippen LogP contribution in [0.25, 0.3) is 0 Å². The van der Waals surface area contributed by atoms with Gasteiger partial charge in [0.05, 0.1) is 7.14 Å². The standard InChI is InChI=1S/C6H11O2P/c1-6(4-7)5-9(2,3)8/h4H,1,5H2,2-3H3. The van der Waals surface area contributed by atoms with Crippen molar-refractivity contribution < 1.29 is 9.36 Å². The number of hydrogen-bond donors (Lipinski definition) is 0. The monoisotopic (exact) mass is 146 g/mol. The maximum atomic E-state index is 11.0. The largest absolute Gasteiger partial charge is 0.324 e. The molecule has 0 radical (unpaired) electrons. The van der Waals surface area contributed by atoms with E-state index in [0.29, 0.717) is 18.0 Å². The number of carbonyl (C=O) groups excluding carboxylic acids is 1. The lowest BCUT2D eigenvalue weighted by Gasteiger charge is -2.02. The second-order valence-electron chi connectivity index (χ2n) is 2.51. The van der Waals surface area contributed by atoms with E-state index in [1.54, 1.807) is 13.3 Å². The van der Waals surface area contributed by atoms with Crippen molar-refractivity contribution in [1.82, 2.24) is 0 Å². The predicted octanol–water partition coefficient (Wildman–Crippen LogP) is 1.36. The molecule has 0 amide bonds. The molecule has 52 valence electrons. The molecule has 0 aromatic heterocycles. The molecule has 9 heavy (non-hydrogen) atoms. The van der Waals surface area contributed by atoms with E-state index in [2.05, 4.69) is 6.58 Å². The van der Waals surface area contributed by atoms with E-state index in [9.17, 15) is 9.36 Å². The second-order valence-corrected chi connectivity index (χ2v) is 5.97. The first kappa shape index (κ1) is 8.64. The summed E-state index contributed by atoms with van der Waals surface area (Å²) in [6.07, 6.45) is 0.996. The molecule has 0 aliphatic rings. The summed E-state index contributed by atoms with van der Waals surface area (Å²) in [5, 5.41) is 0. The molecule has 0 N–H and O–H groups in total. The van der Waals surface area contributed by atoms with Gasteiger partial charge in [-0.15, -0.1) is 0 Å². The van der Waals surface area contributed by atoms with Crippen molar-refractivity contribution in [3.8, 4) is 0 Å². The number of hydrogen-bond acceptors (Lipinski definition) is 2. The fraction of sp³-hybridized carbons (Fsp3) is 0.500. The number of rotatable bonds is 3. The Hall–Kier alpha value is -0.360. The van der Waals surface area contributed by atoms with Crippen molar-refractivity contribution in [1.29, 1.82) is 0 Å². The highest BCUT2D eigenvalue weighted by Gasteiger charge is 2.07. The van der Waals surface area contributed by atoms with Gasteiger partial charge < -0.3 is 4.57 Å². The zero-order valence-corrected chi connectivity index (χ0v) is 6.65. The van der Waals surface area contributed by atoms with E-state index >= 15 is 0 Å². The quantitative estimate of drug-likeness (QED) is 0.342. The van der Waals surface area contributed by atoms with E-state index in [1.165, 1.54) is 0 Å². The molecule has 0 aromatic rings. The van der Waals surface area contributed by atoms with Crippen LogP contribution in [-0.2, 0) is 9.36 Å². The van der Waals surface area contributed by atoms with Crippen LogP contribution in [0.15, 0.2) is 12.2 Å². The number of allylic oxidation sites excluding steroid dienone is 1. The number of aldehydes is 1. The Kier molecular flexibility index (Phi) is 2.86. The third-order valence-corrected chi connectivity index (χ3v) is 1.92. The lowest BCUT2D eigenvalue weighted by Crippen LogP contribution is -1.90. The summed E-state index contributed by atoms with van der Waals surface area (Å²) >= 11 is 0. The summed E-state index contributed by atoms with van der Waals surface area (Å²) < 4.78 is 11.0. The molecule has 0 aliphatic heterocycles. The molecule has 3 heteroatoms. The van der Waals surface area contributed by atoms with E-state index in [1.807, 2.05) is 0 Å². The Bertz CT molecular complexity index is 166. The van der Waals surface area contributed by atoms with Gasteiger partial charge in [0.1, 0.15) is 6.29 Å². The van der Waals surface area contributed by atoms with Gasteiger partial charge >= 0.3 is 0 Å². The van der Waals surface area contributed by atoms with Crippen LogP contribution in [0.4, 0.5) is 0 Å². The Balaban J connectivity index is 3.89. The van der Waals surface area contributed by atoms with Gasteiger partial charge in [-0.2, -0.15) is 0 Å². The Morgan fingerprint density at radius 1 is 1.67 bits per heavy atom. The molecule has 0 atom stereocenters. The summed E-state index contributed by atoms with van der Waals surface area (Å²) in [7, 11) is -2.07. The van der Waals surface area contributed by atoms with Gasteiger partial charge in [-0.1, -0.05) is 6.58 Å². The van der Waals surface area contributed by atoms with Crippen LogP contribution < -0.4 is 0 Å². The third kappa shape index (κ3) is 5.51. The van der Waals surface area contributed by atoms with Crippen molar-refractivity contribution in [2.45, 2.75) is 0 Å². The molecule has 0 aromatic carbocycles. The van der Waals surface area contributed by atoms with E-state index in [0.717, 1.165) is 0 Å². The summed E-state index contributed by atoms with van der Waals surface area (Å²) in [6, 6.07) is 0. The molecule has 0 saturated carbocycles. The van der Waals surface area contributed by atoms with Crippen molar-refractivity contribution >= 4 is 13.4 Å². The number of carbonyl (C=O) groups is 1. The summed E-state index contributed by atoms with van der Waals surface area (Å²) in [5.74, 6) is 0. The molecule has 0 rings (SSSR count). The first-order chi connectivity index (χ1) is 3.95. The maximum Gasteiger partial charge on any atom is 0.145 e. The average Bonchev–Trinajstić information content (AvgIpc) is 1.62. The summed E-state index contributed by atoms with van der Waals surface area (Å²) in [4.78, 5) is 9.96. The Morgan fingerprint density at radius 3 is 2.22 bits per heavy atom. The lowest BCUT2D eigenvalue weighted by atomic mass is 10.4. The maximum absolute atomic E-state index is 11.0. The molecule has 0 saturated heterocycles. The highest BCUT2D eigenvalue weighted by Crippen LogP contribution is 2.36. The minimum Gasteiger partial charge on any atom is -0.324 e. The second kappa shape index (κ2) is 2.98. The minimum absolute atomic E-state index is 0.344. The fourth-order valence-electron chi connectivity index (χ4n) is 0.526. The molecule has 0 heterocycles. The van der Waals surface area contributed by atoms with Gasteiger partial charge in [0.25, 0.3) is 0 Å². The fourth-order valence-corrected chi connectivity index (χ4v) is 1.58. The zero-order chi connectivity index (χ0) is 7.49. The highest BCUT2D eigenvalue weighted by molar-refractivity contribution is 7.62. The Morgan fingerprint density at radius 2 is 2.11 bits per heavy atom. The molecule has 0 aliphatic carbocycles. The molecular formula is C6H11O2P. The first-order valence-corrected chi connectivity index (χ1v) is 5.41. The highest BCUT2D eigenvalue weighted by atomic mass is 31.2. The summed E-state index contributed by atoms with van der Waals surface area (Å²) in [5.41, 5.74) is 0.420. The zero-order valence-electron chi connectivity index (χ0n) is 5.76. The van der Waals surface area contributed by atoms with E-state index in [-0.39, 0.29) is 0 Å². The van der Waals surface area contributed by atoms with Crippen LogP contribution in [0.5, 0.6) is 0 Å². The van der Waals surface area contributed by atoms with Gasteiger partial charge in [0.2, 0.25) is 0 Å². The van der Waals surface area contributed by atoms with E-state index < -0.39 is 7.14 Å². The van der Waals surface area contributed by atoms with Crippen molar-refractivity contribution in [2.75, 3.05) is 19.5 Å². The topological polar surface area (TPSA) is 34.1 Å². The molecule has 0 unspecified atom stereocenters.